The zero-order valence-corrected chi connectivity index (χ0v) is 20.5. The lowest BCUT2D eigenvalue weighted by Gasteiger charge is -2.31. The van der Waals surface area contributed by atoms with Gasteiger partial charge in [-0.3, -0.25) is 9.69 Å². The summed E-state index contributed by atoms with van der Waals surface area (Å²) in [5.41, 5.74) is 11.9. The summed E-state index contributed by atoms with van der Waals surface area (Å²) in [5, 5.41) is 8.63. The topological polar surface area (TPSA) is 85.3 Å². The number of amides is 1. The normalized spacial score (nSPS) is 16.0. The summed E-state index contributed by atoms with van der Waals surface area (Å²) in [7, 11) is 0. The van der Waals surface area contributed by atoms with Crippen LogP contribution in [-0.2, 0) is 11.3 Å². The van der Waals surface area contributed by atoms with Crippen LogP contribution in [0.1, 0.15) is 24.0 Å². The zero-order chi connectivity index (χ0) is 23.5. The van der Waals surface area contributed by atoms with Crippen LogP contribution in [0.5, 0.6) is 0 Å². The van der Waals surface area contributed by atoms with Gasteiger partial charge in [0.25, 0.3) is 0 Å². The number of carbonyl (C=O) groups is 1. The van der Waals surface area contributed by atoms with Crippen molar-refractivity contribution in [3.63, 3.8) is 0 Å². The van der Waals surface area contributed by atoms with E-state index in [9.17, 15) is 4.79 Å². The van der Waals surface area contributed by atoms with Gasteiger partial charge in [-0.25, -0.2) is 0 Å². The van der Waals surface area contributed by atoms with E-state index >= 15 is 0 Å². The van der Waals surface area contributed by atoms with Crippen molar-refractivity contribution in [2.75, 3.05) is 13.1 Å². The average Bonchev–Trinajstić information content (AvgIpc) is 3.35. The predicted molar refractivity (Wildman–Crippen MR) is 140 cm³/mol. The van der Waals surface area contributed by atoms with Crippen LogP contribution in [0, 0.1) is 12.8 Å². The van der Waals surface area contributed by atoms with E-state index in [0.717, 1.165) is 60.3 Å². The fourth-order valence-electron chi connectivity index (χ4n) is 4.69. The van der Waals surface area contributed by atoms with Crippen LogP contribution in [0.3, 0.4) is 0 Å². The summed E-state index contributed by atoms with van der Waals surface area (Å²) in [6.45, 7) is 4.59. The van der Waals surface area contributed by atoms with Gasteiger partial charge in [-0.15, -0.1) is 22.6 Å². The molecule has 1 aliphatic heterocycles. The highest BCUT2D eigenvalue weighted by atomic mass is 35.5. The predicted octanol–water partition coefficient (Wildman–Crippen LogP) is 5.50. The van der Waals surface area contributed by atoms with Crippen LogP contribution in [-0.4, -0.2) is 34.1 Å². The molecule has 0 radical (unpaired) electrons. The zero-order valence-electron chi connectivity index (χ0n) is 19.7. The third-order valence-corrected chi connectivity index (χ3v) is 6.59. The van der Waals surface area contributed by atoms with Gasteiger partial charge in [0.15, 0.2) is 0 Å². The maximum atomic E-state index is 11.5. The Morgan fingerprint density at radius 2 is 1.66 bits per heavy atom. The lowest BCUT2D eigenvalue weighted by molar-refractivity contribution is -0.123. The Labute approximate surface area is 211 Å². The fourth-order valence-corrected chi connectivity index (χ4v) is 4.69. The highest BCUT2D eigenvalue weighted by Crippen LogP contribution is 2.32. The molecule has 35 heavy (non-hydrogen) atoms. The molecule has 1 aromatic heterocycles. The summed E-state index contributed by atoms with van der Waals surface area (Å²) < 4.78 is 6.07. The molecule has 0 saturated carbocycles. The van der Waals surface area contributed by atoms with Crippen molar-refractivity contribution in [3.05, 3.63) is 83.9 Å². The van der Waals surface area contributed by atoms with Crippen LogP contribution in [0.2, 0.25) is 0 Å². The first-order valence-electron chi connectivity index (χ1n) is 11.7. The first-order chi connectivity index (χ1) is 16.6. The van der Waals surface area contributed by atoms with E-state index in [-0.39, 0.29) is 24.2 Å². The monoisotopic (exact) mass is 488 g/mol. The van der Waals surface area contributed by atoms with E-state index in [1.807, 2.05) is 42.5 Å². The molecule has 3 aromatic carbocycles. The van der Waals surface area contributed by atoms with Crippen molar-refractivity contribution in [2.24, 2.45) is 11.7 Å². The van der Waals surface area contributed by atoms with E-state index in [1.165, 1.54) is 5.56 Å². The second-order valence-corrected chi connectivity index (χ2v) is 8.93. The molecule has 5 rings (SSSR count). The fraction of sp³-hybridized carbons (Fsp3) is 0.250. The first-order valence-corrected chi connectivity index (χ1v) is 11.7. The number of halogens is 1. The molecular formula is C28H29ClN4O2. The summed E-state index contributed by atoms with van der Waals surface area (Å²) in [5.74, 6) is 0.767. The van der Waals surface area contributed by atoms with Gasteiger partial charge < -0.3 is 10.2 Å². The van der Waals surface area contributed by atoms with Crippen molar-refractivity contribution in [2.45, 2.75) is 26.3 Å². The van der Waals surface area contributed by atoms with Gasteiger partial charge in [-0.1, -0.05) is 54.6 Å². The molecule has 7 heteroatoms. The number of nitrogens with two attached hydrogens (primary N) is 1. The molecule has 4 aromatic rings. The smallest absolute Gasteiger partial charge is 0.248 e. The summed E-state index contributed by atoms with van der Waals surface area (Å²) in [4.78, 5) is 13.8. The molecule has 1 atom stereocenters. The van der Waals surface area contributed by atoms with Crippen LogP contribution >= 0.6 is 12.4 Å². The highest BCUT2D eigenvalue weighted by molar-refractivity contribution is 5.85. The average molecular weight is 489 g/mol. The molecule has 6 nitrogen and oxygen atoms in total. The van der Waals surface area contributed by atoms with Crippen LogP contribution in [0.4, 0.5) is 0 Å². The second-order valence-electron chi connectivity index (χ2n) is 8.93. The molecule has 0 unspecified atom stereocenters. The van der Waals surface area contributed by atoms with Gasteiger partial charge in [0.05, 0.1) is 5.92 Å². The van der Waals surface area contributed by atoms with Crippen molar-refractivity contribution in [1.82, 2.24) is 15.1 Å². The maximum Gasteiger partial charge on any atom is 0.248 e. The molecule has 0 spiro atoms. The number of primary amides is 1. The minimum absolute atomic E-state index is 0. The minimum Gasteiger partial charge on any atom is -0.416 e. The third-order valence-electron chi connectivity index (χ3n) is 6.59. The van der Waals surface area contributed by atoms with Gasteiger partial charge in [-0.05, 0) is 66.8 Å². The summed E-state index contributed by atoms with van der Waals surface area (Å²) in [6, 6.07) is 24.6. The lowest BCUT2D eigenvalue weighted by Crippen LogP contribution is -2.40. The number of likely N-dealkylation sites (tertiary alicyclic amines) is 1. The van der Waals surface area contributed by atoms with Crippen LogP contribution in [0.25, 0.3) is 34.0 Å². The SMILES string of the molecule is Cc1c(-c2ccccc2)cccc1-c1nnc(-c2ccc(CN3CCC[C@@H](C(N)=O)C3)cc2)o1.Cl. The Kier molecular flexibility index (Phi) is 7.63. The maximum absolute atomic E-state index is 11.5. The minimum atomic E-state index is -0.197. The Morgan fingerprint density at radius 3 is 2.40 bits per heavy atom. The molecule has 2 N–H and O–H groups in total. The molecule has 2 heterocycles. The lowest BCUT2D eigenvalue weighted by atomic mass is 9.96. The number of aromatic nitrogens is 2. The first kappa shape index (κ1) is 24.6. The van der Waals surface area contributed by atoms with Gasteiger partial charge in [0.1, 0.15) is 0 Å². The van der Waals surface area contributed by atoms with E-state index < -0.39 is 0 Å². The van der Waals surface area contributed by atoms with Gasteiger partial charge >= 0.3 is 0 Å². The van der Waals surface area contributed by atoms with E-state index in [4.69, 9.17) is 10.2 Å². The number of hydrogen-bond donors (Lipinski definition) is 1. The van der Waals surface area contributed by atoms with Crippen LogP contribution < -0.4 is 5.73 Å². The molecular weight excluding hydrogens is 460 g/mol. The molecule has 1 fully saturated rings. The number of piperidine rings is 1. The molecule has 1 saturated heterocycles. The van der Waals surface area contributed by atoms with Crippen molar-refractivity contribution >= 4 is 18.3 Å². The van der Waals surface area contributed by atoms with Crippen molar-refractivity contribution < 1.29 is 9.21 Å². The van der Waals surface area contributed by atoms with E-state index in [1.54, 1.807) is 0 Å². The van der Waals surface area contributed by atoms with E-state index in [2.05, 4.69) is 52.4 Å². The molecule has 180 valence electrons. The van der Waals surface area contributed by atoms with E-state index in [0.29, 0.717) is 11.8 Å². The number of benzene rings is 3. The van der Waals surface area contributed by atoms with Gasteiger partial charge in [0, 0.05) is 24.2 Å². The Bertz CT molecular complexity index is 1290. The number of carbonyl (C=O) groups excluding carboxylic acids is 1. The standard InChI is InChI=1S/C28H28N4O2.ClH/c1-19-24(21-7-3-2-4-8-21)10-5-11-25(19)28-31-30-27(34-28)22-14-12-20(13-15-22)17-32-16-6-9-23(18-32)26(29)33;/h2-5,7-8,10-15,23H,6,9,16-18H2,1H3,(H2,29,33);1H/t23-;/m1./s1. The molecule has 1 amide bonds. The largest absolute Gasteiger partial charge is 0.416 e. The third kappa shape index (κ3) is 5.45. The Balaban J connectivity index is 0.00000289. The second kappa shape index (κ2) is 10.8. The Hall–Kier alpha value is -3.48. The summed E-state index contributed by atoms with van der Waals surface area (Å²) >= 11 is 0. The molecule has 1 aliphatic rings. The summed E-state index contributed by atoms with van der Waals surface area (Å²) in [6.07, 6.45) is 1.89. The quantitative estimate of drug-likeness (QED) is 0.387. The molecule has 0 bridgehead atoms. The number of rotatable bonds is 6. The highest BCUT2D eigenvalue weighted by Gasteiger charge is 2.24. The van der Waals surface area contributed by atoms with Gasteiger partial charge in [0.2, 0.25) is 17.7 Å². The number of nitrogens with zero attached hydrogens (tertiary/aromatic N) is 3. The Morgan fingerprint density at radius 1 is 0.943 bits per heavy atom. The van der Waals surface area contributed by atoms with Gasteiger partial charge in [-0.2, -0.15) is 0 Å². The molecule has 0 aliphatic carbocycles. The number of hydrogen-bond acceptors (Lipinski definition) is 5. The van der Waals surface area contributed by atoms with Crippen molar-refractivity contribution in [3.8, 4) is 34.0 Å². The van der Waals surface area contributed by atoms with Crippen LogP contribution in [0.15, 0.2) is 77.2 Å². The van der Waals surface area contributed by atoms with Crippen molar-refractivity contribution in [1.29, 1.82) is 0 Å².